The summed E-state index contributed by atoms with van der Waals surface area (Å²) >= 11 is 0. The molecule has 0 saturated heterocycles. The van der Waals surface area contributed by atoms with E-state index in [9.17, 15) is 14.0 Å². The molecule has 14 atom stereocenters. The molecule has 8 aliphatic rings. The Kier molecular flexibility index (Phi) is 7.26. The number of fused-ring (bicyclic) bond motifs is 10. The van der Waals surface area contributed by atoms with Gasteiger partial charge in [0, 0.05) is 17.3 Å². The molecular weight excluding hydrogens is 519 g/mol. The molecule has 0 aromatic rings. The van der Waals surface area contributed by atoms with Gasteiger partial charge in [0.15, 0.2) is 12.0 Å². The lowest BCUT2D eigenvalue weighted by atomic mass is 9.45. The summed E-state index contributed by atoms with van der Waals surface area (Å²) in [7, 11) is 0. The minimum atomic E-state index is -1.17. The Morgan fingerprint density at radius 1 is 0.690 bits per heavy atom. The van der Waals surface area contributed by atoms with Crippen LogP contribution >= 0.6 is 0 Å². The van der Waals surface area contributed by atoms with Crippen LogP contribution in [0, 0.1) is 74.9 Å². The third kappa shape index (κ3) is 4.19. The molecule has 0 aromatic carbocycles. The lowest BCUT2D eigenvalue weighted by molar-refractivity contribution is -0.140. The molecule has 3 heteroatoms. The molecule has 0 spiro atoms. The molecule has 8 aliphatic carbocycles. The highest BCUT2D eigenvalue weighted by atomic mass is 19.1. The van der Waals surface area contributed by atoms with Gasteiger partial charge in [-0.2, -0.15) is 0 Å². The van der Waals surface area contributed by atoms with Crippen LogP contribution in [0.4, 0.5) is 4.39 Å². The third-order valence-electron chi connectivity index (χ3n) is 16.4. The quantitative estimate of drug-likeness (QED) is 0.268. The average Bonchev–Trinajstić information content (AvgIpc) is 3.40. The van der Waals surface area contributed by atoms with Gasteiger partial charge < -0.3 is 0 Å². The van der Waals surface area contributed by atoms with E-state index in [0.29, 0.717) is 40.8 Å². The highest BCUT2D eigenvalue weighted by molar-refractivity contribution is 5.91. The molecule has 8 rings (SSSR count). The first-order chi connectivity index (χ1) is 19.9. The second-order valence-electron chi connectivity index (χ2n) is 17.9. The molecule has 42 heavy (non-hydrogen) atoms. The van der Waals surface area contributed by atoms with Crippen molar-refractivity contribution in [3.05, 3.63) is 12.2 Å². The molecule has 234 valence electrons. The van der Waals surface area contributed by atoms with E-state index in [-0.39, 0.29) is 16.6 Å². The van der Waals surface area contributed by atoms with Crippen LogP contribution in [0.1, 0.15) is 137 Å². The Balaban J connectivity index is 0.000000137. The second-order valence-corrected chi connectivity index (χ2v) is 17.9. The summed E-state index contributed by atoms with van der Waals surface area (Å²) in [5.74, 6) is 7.11. The summed E-state index contributed by atoms with van der Waals surface area (Å²) in [5.41, 5.74) is 0.608. The van der Waals surface area contributed by atoms with Crippen molar-refractivity contribution < 1.29 is 14.0 Å². The molecule has 7 saturated carbocycles. The van der Waals surface area contributed by atoms with Gasteiger partial charge in [-0.3, -0.25) is 9.59 Å². The number of allylic oxidation sites excluding steroid dienone is 2. The normalized spacial score (nSPS) is 56.1. The fraction of sp³-hybridized carbons (Fsp3) is 0.897. The summed E-state index contributed by atoms with van der Waals surface area (Å²) in [6, 6.07) is 0. The first kappa shape index (κ1) is 29.7. The van der Waals surface area contributed by atoms with E-state index in [1.807, 2.05) is 0 Å². The van der Waals surface area contributed by atoms with Gasteiger partial charge >= 0.3 is 0 Å². The van der Waals surface area contributed by atoms with E-state index in [2.05, 4.69) is 46.8 Å². The topological polar surface area (TPSA) is 34.1 Å². The molecule has 0 aromatic heterocycles. The number of halogens is 1. The maximum atomic E-state index is 14.1. The van der Waals surface area contributed by atoms with Gasteiger partial charge in [-0.05, 0) is 148 Å². The first-order valence-electron chi connectivity index (χ1n) is 18.3. The SMILES string of the molecule is C[C@H]1C=C[C@@]2(C)[C@@H](CC[C@@H]3[C@@H]2CC[C@]2(C)C(=O)CC[C@@H]32)C1.C[C@]12CCCC[C@@H]1CC[C@@H]1[C@@H]2CC[C@]2(C)C(=O)[C@@H](F)C[C@@H]12. The predicted molar refractivity (Wildman–Crippen MR) is 167 cm³/mol. The van der Waals surface area contributed by atoms with Gasteiger partial charge in [0.2, 0.25) is 0 Å². The summed E-state index contributed by atoms with van der Waals surface area (Å²) in [4.78, 5) is 24.7. The number of alkyl halides is 1. The summed E-state index contributed by atoms with van der Waals surface area (Å²) < 4.78 is 14.1. The fourth-order valence-corrected chi connectivity index (χ4v) is 13.8. The Hall–Kier alpha value is -0.990. The van der Waals surface area contributed by atoms with E-state index in [1.54, 1.807) is 0 Å². The highest BCUT2D eigenvalue weighted by Crippen LogP contribution is 2.66. The van der Waals surface area contributed by atoms with E-state index < -0.39 is 6.17 Å². The van der Waals surface area contributed by atoms with Crippen molar-refractivity contribution in [3.63, 3.8) is 0 Å². The second kappa shape index (κ2) is 10.3. The van der Waals surface area contributed by atoms with Gasteiger partial charge in [-0.15, -0.1) is 0 Å². The Bertz CT molecular complexity index is 1130. The molecule has 0 aliphatic heterocycles. The highest BCUT2D eigenvalue weighted by Gasteiger charge is 2.62. The van der Waals surface area contributed by atoms with Gasteiger partial charge in [-0.25, -0.2) is 4.39 Å². The minimum Gasteiger partial charge on any atom is -0.299 e. The van der Waals surface area contributed by atoms with Gasteiger partial charge in [0.05, 0.1) is 0 Å². The standard InChI is InChI=1S/C20H30O.C19H29FO/c1-13-8-10-19(2)14(12-13)4-5-15-16-6-7-18(21)20(16,3)11-9-17(15)19;1-18-9-4-3-5-12(18)6-7-13-14(18)8-10-19(2)15(13)11-16(20)17(19)21/h8,10,13-17H,4-7,9,11-12H2,1-3H3;12-16H,3-11H2,1-2H3/t13-,14-,15-,16-,17-,19-,20-;12-,13-,14+,15+,16+,18+,19+/m01/s1. The van der Waals surface area contributed by atoms with Crippen molar-refractivity contribution in [2.24, 2.45) is 74.9 Å². The third-order valence-corrected chi connectivity index (χ3v) is 16.4. The summed E-state index contributed by atoms with van der Waals surface area (Å²) in [5, 5.41) is 0. The fourth-order valence-electron chi connectivity index (χ4n) is 13.8. The molecule has 2 nitrogen and oxygen atoms in total. The lowest BCUT2D eigenvalue weighted by Gasteiger charge is -2.59. The van der Waals surface area contributed by atoms with Crippen LogP contribution in [0.5, 0.6) is 0 Å². The van der Waals surface area contributed by atoms with Gasteiger partial charge in [-0.1, -0.05) is 59.6 Å². The number of carbonyl (C=O) groups is 2. The van der Waals surface area contributed by atoms with Crippen LogP contribution in [0.15, 0.2) is 12.2 Å². The molecule has 0 bridgehead atoms. The van der Waals surface area contributed by atoms with E-state index >= 15 is 0 Å². The molecule has 0 radical (unpaired) electrons. The van der Waals surface area contributed by atoms with Gasteiger partial charge in [0.25, 0.3) is 0 Å². The van der Waals surface area contributed by atoms with Crippen molar-refractivity contribution in [1.29, 1.82) is 0 Å². The predicted octanol–water partition coefficient (Wildman–Crippen LogP) is 9.95. The first-order valence-corrected chi connectivity index (χ1v) is 18.3. The van der Waals surface area contributed by atoms with E-state index in [0.717, 1.165) is 54.8 Å². The monoisotopic (exact) mass is 578 g/mol. The van der Waals surface area contributed by atoms with Crippen molar-refractivity contribution in [2.45, 2.75) is 144 Å². The lowest BCUT2D eigenvalue weighted by Crippen LogP contribution is -2.52. The number of rotatable bonds is 0. The smallest absolute Gasteiger partial charge is 0.173 e. The van der Waals surface area contributed by atoms with Crippen molar-refractivity contribution >= 4 is 11.6 Å². The zero-order valence-electron chi connectivity index (χ0n) is 27.4. The molecule has 7 fully saturated rings. The van der Waals surface area contributed by atoms with Crippen molar-refractivity contribution in [1.82, 2.24) is 0 Å². The summed E-state index contributed by atoms with van der Waals surface area (Å²) in [6.45, 7) is 11.8. The van der Waals surface area contributed by atoms with Crippen molar-refractivity contribution in [3.8, 4) is 0 Å². The number of hydrogen-bond donors (Lipinski definition) is 0. The summed E-state index contributed by atoms with van der Waals surface area (Å²) in [6.07, 6.45) is 23.3. The number of hydrogen-bond acceptors (Lipinski definition) is 2. The number of Topliss-reactive ketones (excluding diaryl/α,β-unsaturated/α-hetero) is 2. The largest absolute Gasteiger partial charge is 0.299 e. The maximum absolute atomic E-state index is 14.1. The zero-order chi connectivity index (χ0) is 29.7. The molecular formula is C39H59FO2. The Labute approximate surface area is 255 Å². The van der Waals surface area contributed by atoms with E-state index in [1.165, 1.54) is 77.0 Å². The number of ketones is 2. The van der Waals surface area contributed by atoms with E-state index in [4.69, 9.17) is 0 Å². The Morgan fingerprint density at radius 2 is 1.38 bits per heavy atom. The van der Waals surface area contributed by atoms with Gasteiger partial charge in [0.1, 0.15) is 5.78 Å². The zero-order valence-corrected chi connectivity index (χ0v) is 27.4. The van der Waals surface area contributed by atoms with Crippen LogP contribution in [-0.2, 0) is 9.59 Å². The Morgan fingerprint density at radius 3 is 2.17 bits per heavy atom. The van der Waals surface area contributed by atoms with Crippen molar-refractivity contribution in [2.75, 3.05) is 0 Å². The van der Waals surface area contributed by atoms with Crippen LogP contribution < -0.4 is 0 Å². The molecule has 0 heterocycles. The number of carbonyl (C=O) groups excluding carboxylic acids is 2. The molecule has 0 N–H and O–H groups in total. The van der Waals surface area contributed by atoms with Crippen LogP contribution in [-0.4, -0.2) is 17.7 Å². The maximum Gasteiger partial charge on any atom is 0.173 e. The average molecular weight is 579 g/mol. The van der Waals surface area contributed by atoms with Crippen LogP contribution in [0.25, 0.3) is 0 Å². The molecule has 0 unspecified atom stereocenters. The molecule has 0 amide bonds. The minimum absolute atomic E-state index is 0.0377. The van der Waals surface area contributed by atoms with Crippen LogP contribution in [0.2, 0.25) is 0 Å². The van der Waals surface area contributed by atoms with Crippen LogP contribution in [0.3, 0.4) is 0 Å².